The first-order chi connectivity index (χ1) is 10.0. The van der Waals surface area contributed by atoms with E-state index in [1.165, 1.54) is 18.2 Å². The molecular formula is C15H14F2N2O2. The van der Waals surface area contributed by atoms with E-state index in [2.05, 4.69) is 16.6 Å². The van der Waals surface area contributed by atoms with Crippen molar-refractivity contribution in [2.45, 2.75) is 12.3 Å². The number of nitrogens with one attached hydrogen (secondary N) is 2. The second-order valence-electron chi connectivity index (χ2n) is 4.78. The van der Waals surface area contributed by atoms with Crippen LogP contribution in [0.1, 0.15) is 17.9 Å². The molecule has 1 aromatic rings. The zero-order valence-corrected chi connectivity index (χ0v) is 11.2. The van der Waals surface area contributed by atoms with Crippen LogP contribution in [-0.2, 0) is 9.59 Å². The maximum atomic E-state index is 13.6. The van der Waals surface area contributed by atoms with Crippen molar-refractivity contribution >= 4 is 11.8 Å². The van der Waals surface area contributed by atoms with Crippen LogP contribution >= 0.6 is 0 Å². The van der Waals surface area contributed by atoms with E-state index in [1.54, 1.807) is 0 Å². The molecule has 2 N–H and O–H groups in total. The van der Waals surface area contributed by atoms with E-state index in [0.717, 1.165) is 0 Å². The van der Waals surface area contributed by atoms with Gasteiger partial charge in [0.1, 0.15) is 11.6 Å². The number of carbonyl (C=O) groups excluding carboxylic acids is 2. The van der Waals surface area contributed by atoms with Crippen LogP contribution in [0, 0.1) is 29.9 Å². The van der Waals surface area contributed by atoms with Crippen LogP contribution in [0.2, 0.25) is 0 Å². The maximum Gasteiger partial charge on any atom is 0.240 e. The lowest BCUT2D eigenvalue weighted by Crippen LogP contribution is -2.37. The Balaban J connectivity index is 1.87. The van der Waals surface area contributed by atoms with Crippen molar-refractivity contribution in [1.29, 1.82) is 0 Å². The van der Waals surface area contributed by atoms with Crippen molar-refractivity contribution < 1.29 is 18.4 Å². The van der Waals surface area contributed by atoms with Crippen LogP contribution in [0.4, 0.5) is 8.78 Å². The number of halogens is 2. The van der Waals surface area contributed by atoms with Crippen molar-refractivity contribution in [3.8, 4) is 12.3 Å². The molecule has 0 heterocycles. The highest BCUT2D eigenvalue weighted by atomic mass is 19.1. The largest absolute Gasteiger partial charge is 0.347 e. The molecule has 110 valence electrons. The van der Waals surface area contributed by atoms with Crippen LogP contribution in [0.5, 0.6) is 0 Å². The zero-order chi connectivity index (χ0) is 15.4. The summed E-state index contributed by atoms with van der Waals surface area (Å²) in [4.78, 5) is 23.1. The number of amides is 2. The SMILES string of the molecule is C#CCNC(=O)CNC(=O)[C@H]1C[C@H]1c1c(F)cccc1F. The quantitative estimate of drug-likeness (QED) is 0.793. The Kier molecular flexibility index (Phi) is 4.53. The third kappa shape index (κ3) is 3.57. The fourth-order valence-electron chi connectivity index (χ4n) is 2.18. The molecule has 1 saturated carbocycles. The van der Waals surface area contributed by atoms with Gasteiger partial charge in [0.05, 0.1) is 13.1 Å². The molecule has 4 nitrogen and oxygen atoms in total. The van der Waals surface area contributed by atoms with E-state index in [4.69, 9.17) is 6.42 Å². The van der Waals surface area contributed by atoms with Crippen LogP contribution in [0.15, 0.2) is 18.2 Å². The molecular weight excluding hydrogens is 278 g/mol. The summed E-state index contributed by atoms with van der Waals surface area (Å²) in [6, 6.07) is 3.61. The zero-order valence-electron chi connectivity index (χ0n) is 11.2. The van der Waals surface area contributed by atoms with Crippen LogP contribution in [0.3, 0.4) is 0 Å². The standard InChI is InChI=1S/C15H14F2N2O2/c1-2-6-18-13(20)8-19-15(21)10-7-9(10)14-11(16)4-3-5-12(14)17/h1,3-5,9-10H,6-8H2,(H,18,20)(H,19,21)/t9-,10+/m1/s1. The van der Waals surface area contributed by atoms with E-state index in [9.17, 15) is 18.4 Å². The van der Waals surface area contributed by atoms with Crippen molar-refractivity contribution in [1.82, 2.24) is 10.6 Å². The number of hydrogen-bond donors (Lipinski definition) is 2. The fraction of sp³-hybridized carbons (Fsp3) is 0.333. The Morgan fingerprint density at radius 1 is 1.29 bits per heavy atom. The third-order valence-electron chi connectivity index (χ3n) is 3.31. The van der Waals surface area contributed by atoms with Crippen LogP contribution in [0.25, 0.3) is 0 Å². The summed E-state index contributed by atoms with van der Waals surface area (Å²) >= 11 is 0. The summed E-state index contributed by atoms with van der Waals surface area (Å²) in [6.45, 7) is -0.120. The minimum atomic E-state index is -0.651. The first-order valence-corrected chi connectivity index (χ1v) is 6.46. The van der Waals surface area contributed by atoms with Crippen molar-refractivity contribution in [3.05, 3.63) is 35.4 Å². The van der Waals surface area contributed by atoms with Gasteiger partial charge in [-0.3, -0.25) is 9.59 Å². The lowest BCUT2D eigenvalue weighted by Gasteiger charge is -2.06. The normalized spacial score (nSPS) is 19.5. The summed E-state index contributed by atoms with van der Waals surface area (Å²) < 4.78 is 27.2. The molecule has 1 fully saturated rings. The van der Waals surface area contributed by atoms with Gasteiger partial charge in [0, 0.05) is 17.4 Å². The van der Waals surface area contributed by atoms with Crippen molar-refractivity contribution in [3.63, 3.8) is 0 Å². The molecule has 0 radical (unpaired) electrons. The van der Waals surface area contributed by atoms with Crippen molar-refractivity contribution in [2.24, 2.45) is 5.92 Å². The molecule has 21 heavy (non-hydrogen) atoms. The Labute approximate surface area is 120 Å². The highest BCUT2D eigenvalue weighted by molar-refractivity contribution is 5.88. The van der Waals surface area contributed by atoms with Gasteiger partial charge in [-0.05, 0) is 18.6 Å². The van der Waals surface area contributed by atoms with E-state index in [1.807, 2.05) is 0 Å². The van der Waals surface area contributed by atoms with Gasteiger partial charge in [0.2, 0.25) is 11.8 Å². The van der Waals surface area contributed by atoms with E-state index < -0.39 is 35.3 Å². The summed E-state index contributed by atoms with van der Waals surface area (Å²) in [6.07, 6.45) is 5.35. The second kappa shape index (κ2) is 6.35. The molecule has 0 bridgehead atoms. The predicted octanol–water partition coefficient (Wildman–Crippen LogP) is 0.934. The number of benzene rings is 1. The van der Waals surface area contributed by atoms with Gasteiger partial charge < -0.3 is 10.6 Å². The average molecular weight is 292 g/mol. The number of carbonyl (C=O) groups is 2. The van der Waals surface area contributed by atoms with E-state index in [0.29, 0.717) is 6.42 Å². The lowest BCUT2D eigenvalue weighted by atomic mass is 10.1. The van der Waals surface area contributed by atoms with Crippen LogP contribution in [-0.4, -0.2) is 24.9 Å². The maximum absolute atomic E-state index is 13.6. The molecule has 6 heteroatoms. The molecule has 0 aliphatic heterocycles. The molecule has 2 atom stereocenters. The smallest absolute Gasteiger partial charge is 0.240 e. The van der Waals surface area contributed by atoms with Gasteiger partial charge in [-0.2, -0.15) is 0 Å². The Bertz CT molecular complexity index is 590. The Morgan fingerprint density at radius 3 is 2.57 bits per heavy atom. The van der Waals surface area contributed by atoms with Gasteiger partial charge in [0.25, 0.3) is 0 Å². The molecule has 0 spiro atoms. The summed E-state index contributed by atoms with van der Waals surface area (Å²) in [5.41, 5.74) is -0.0607. The number of terminal acetylenes is 1. The molecule has 1 aliphatic rings. The highest BCUT2D eigenvalue weighted by Crippen LogP contribution is 2.49. The van der Waals surface area contributed by atoms with E-state index >= 15 is 0 Å². The van der Waals surface area contributed by atoms with E-state index in [-0.39, 0.29) is 18.7 Å². The molecule has 0 saturated heterocycles. The van der Waals surface area contributed by atoms with Crippen molar-refractivity contribution in [2.75, 3.05) is 13.1 Å². The Hall–Kier alpha value is -2.42. The Morgan fingerprint density at radius 2 is 1.95 bits per heavy atom. The van der Waals surface area contributed by atoms with Crippen LogP contribution < -0.4 is 10.6 Å². The monoisotopic (exact) mass is 292 g/mol. The van der Waals surface area contributed by atoms with Gasteiger partial charge in [0.15, 0.2) is 0 Å². The fourth-order valence-corrected chi connectivity index (χ4v) is 2.18. The molecule has 1 aliphatic carbocycles. The van der Waals surface area contributed by atoms with Gasteiger partial charge in [-0.15, -0.1) is 6.42 Å². The molecule has 1 aromatic carbocycles. The summed E-state index contributed by atoms with van der Waals surface area (Å²) in [5, 5.41) is 4.83. The first kappa shape index (κ1) is 15.0. The summed E-state index contributed by atoms with van der Waals surface area (Å²) in [5.74, 6) is -0.840. The van der Waals surface area contributed by atoms with Gasteiger partial charge >= 0.3 is 0 Å². The minimum absolute atomic E-state index is 0.0607. The number of rotatable bonds is 5. The average Bonchev–Trinajstić information content (AvgIpc) is 3.22. The third-order valence-corrected chi connectivity index (χ3v) is 3.31. The molecule has 0 aromatic heterocycles. The topological polar surface area (TPSA) is 58.2 Å². The molecule has 0 unspecified atom stereocenters. The van der Waals surface area contributed by atoms with Gasteiger partial charge in [-0.1, -0.05) is 12.0 Å². The minimum Gasteiger partial charge on any atom is -0.347 e. The first-order valence-electron chi connectivity index (χ1n) is 6.46. The second-order valence-corrected chi connectivity index (χ2v) is 4.78. The molecule has 2 amide bonds. The van der Waals surface area contributed by atoms with Gasteiger partial charge in [-0.25, -0.2) is 8.78 Å². The summed E-state index contributed by atoms with van der Waals surface area (Å²) in [7, 11) is 0. The lowest BCUT2D eigenvalue weighted by molar-refractivity contribution is -0.126. The number of hydrogen-bond acceptors (Lipinski definition) is 2. The predicted molar refractivity (Wildman–Crippen MR) is 72.1 cm³/mol. The molecule has 2 rings (SSSR count). The highest BCUT2D eigenvalue weighted by Gasteiger charge is 2.46.